The van der Waals surface area contributed by atoms with Crippen molar-refractivity contribution >= 4 is 28.6 Å². The average molecular weight is 250 g/mol. The Morgan fingerprint density at radius 2 is 2.11 bits per heavy atom. The Morgan fingerprint density at radius 1 is 1.67 bits per heavy atom. The minimum absolute atomic E-state index is 0.476. The smallest absolute Gasteiger partial charge is 0.303 e. The molecule has 0 atom stereocenters. The van der Waals surface area contributed by atoms with E-state index in [1.54, 1.807) is 0 Å². The van der Waals surface area contributed by atoms with Gasteiger partial charge in [-0.25, -0.2) is 0 Å². The molecule has 0 heterocycles. The van der Waals surface area contributed by atoms with E-state index in [0.717, 1.165) is 22.6 Å². The lowest BCUT2D eigenvalue weighted by molar-refractivity contribution is -0.137. The van der Waals surface area contributed by atoms with Gasteiger partial charge in [0.1, 0.15) is 0 Å². The van der Waals surface area contributed by atoms with Crippen LogP contribution in [-0.4, -0.2) is 15.0 Å². The van der Waals surface area contributed by atoms with Gasteiger partial charge in [-0.1, -0.05) is 0 Å². The lowest BCUT2D eigenvalue weighted by Gasteiger charge is -2.03. The summed E-state index contributed by atoms with van der Waals surface area (Å²) in [4.78, 5) is 9.71. The van der Waals surface area contributed by atoms with Crippen molar-refractivity contribution in [3.63, 3.8) is 0 Å². The lowest BCUT2D eigenvalue weighted by atomic mass is 10.3. The molecule has 0 spiro atoms. The Balaban J connectivity index is 3.39. The van der Waals surface area contributed by atoms with Crippen LogP contribution in [0.25, 0.3) is 0 Å². The van der Waals surface area contributed by atoms with E-state index in [0.29, 0.717) is 0 Å². The van der Waals surface area contributed by atoms with Crippen molar-refractivity contribution < 1.29 is 18.7 Å². The highest BCUT2D eigenvalue weighted by Gasteiger charge is 2.24. The van der Waals surface area contributed by atoms with Crippen LogP contribution >= 0.6 is 22.6 Å². The number of hydrogen-bond donors (Lipinski definition) is 1. The molecular formula is C4H5F2IO2. The first-order chi connectivity index (χ1) is 3.92. The SMILES string of the molecule is O=C(O)CCC(F)(F)I. The maximum atomic E-state index is 11.8. The van der Waals surface area contributed by atoms with Crippen molar-refractivity contribution in [3.05, 3.63) is 0 Å². The van der Waals surface area contributed by atoms with Crippen LogP contribution in [0.15, 0.2) is 0 Å². The highest BCUT2D eigenvalue weighted by atomic mass is 127. The number of halogens is 3. The van der Waals surface area contributed by atoms with Crippen molar-refractivity contribution in [2.75, 3.05) is 0 Å². The number of alkyl halides is 3. The summed E-state index contributed by atoms with van der Waals surface area (Å²) >= 11 is 0.913. The average Bonchev–Trinajstić information content (AvgIpc) is 1.59. The number of carbonyl (C=O) groups is 1. The molecule has 0 bridgehead atoms. The van der Waals surface area contributed by atoms with E-state index < -0.39 is 22.7 Å². The quantitative estimate of drug-likeness (QED) is 0.613. The van der Waals surface area contributed by atoms with Gasteiger partial charge in [0.2, 0.25) is 0 Å². The van der Waals surface area contributed by atoms with Crippen molar-refractivity contribution in [1.29, 1.82) is 0 Å². The van der Waals surface area contributed by atoms with Crippen molar-refractivity contribution in [1.82, 2.24) is 0 Å². The molecule has 0 aromatic heterocycles. The third-order valence-electron chi connectivity index (χ3n) is 0.622. The van der Waals surface area contributed by atoms with Gasteiger partial charge in [-0.05, 0) is 22.6 Å². The minimum atomic E-state index is -2.88. The fourth-order valence-electron chi connectivity index (χ4n) is 0.249. The van der Waals surface area contributed by atoms with Gasteiger partial charge in [0.15, 0.2) is 0 Å². The van der Waals surface area contributed by atoms with Gasteiger partial charge >= 0.3 is 5.97 Å². The summed E-state index contributed by atoms with van der Waals surface area (Å²) in [5.74, 6) is -1.19. The third-order valence-corrected chi connectivity index (χ3v) is 1.16. The van der Waals surface area contributed by atoms with Gasteiger partial charge in [0.05, 0.1) is 6.42 Å². The number of carboxylic acids is 1. The molecule has 1 N–H and O–H groups in total. The number of rotatable bonds is 3. The lowest BCUT2D eigenvalue weighted by Crippen LogP contribution is -2.07. The van der Waals surface area contributed by atoms with Crippen LogP contribution in [0.2, 0.25) is 0 Å². The first-order valence-electron chi connectivity index (χ1n) is 2.20. The monoisotopic (exact) mass is 250 g/mol. The second-order valence-corrected chi connectivity index (χ2v) is 3.09. The largest absolute Gasteiger partial charge is 0.481 e. The van der Waals surface area contributed by atoms with Crippen molar-refractivity contribution in [3.8, 4) is 0 Å². The molecule has 5 heteroatoms. The minimum Gasteiger partial charge on any atom is -0.481 e. The number of aliphatic carboxylic acids is 1. The Bertz CT molecular complexity index is 110. The summed E-state index contributed by atoms with van der Waals surface area (Å²) in [5, 5.41) is 7.94. The second-order valence-electron chi connectivity index (χ2n) is 1.51. The summed E-state index contributed by atoms with van der Waals surface area (Å²) < 4.78 is 20.7. The normalized spacial score (nSPS) is 11.4. The topological polar surface area (TPSA) is 37.3 Å². The summed E-state index contributed by atoms with van der Waals surface area (Å²) in [7, 11) is 0. The molecule has 2 nitrogen and oxygen atoms in total. The Labute approximate surface area is 64.4 Å². The van der Waals surface area contributed by atoms with Crippen LogP contribution in [0.5, 0.6) is 0 Å². The highest BCUT2D eigenvalue weighted by molar-refractivity contribution is 14.1. The van der Waals surface area contributed by atoms with Crippen LogP contribution in [0.3, 0.4) is 0 Å². The van der Waals surface area contributed by atoms with Crippen LogP contribution in [0.4, 0.5) is 8.78 Å². The summed E-state index contributed by atoms with van der Waals surface area (Å²) in [6, 6.07) is 0. The standard InChI is InChI=1S/C4H5F2IO2/c5-4(6,7)2-1-3(8)9/h1-2H2,(H,8,9). The van der Waals surface area contributed by atoms with Gasteiger partial charge in [0, 0.05) is 6.42 Å². The fraction of sp³-hybridized carbons (Fsp3) is 0.750. The molecule has 0 aromatic carbocycles. The molecule has 0 aliphatic carbocycles. The third kappa shape index (κ3) is 8.06. The predicted molar refractivity (Wildman–Crippen MR) is 35.8 cm³/mol. The van der Waals surface area contributed by atoms with Crippen LogP contribution in [-0.2, 0) is 4.79 Å². The van der Waals surface area contributed by atoms with Gasteiger partial charge < -0.3 is 5.11 Å². The number of carboxylic acid groups (broad SMARTS) is 1. The first kappa shape index (κ1) is 9.06. The van der Waals surface area contributed by atoms with Gasteiger partial charge in [-0.15, -0.1) is 0 Å². The first-order valence-corrected chi connectivity index (χ1v) is 3.28. The molecule has 0 fully saturated rings. The zero-order chi connectivity index (χ0) is 7.49. The molecule has 54 valence electrons. The van der Waals surface area contributed by atoms with Crippen molar-refractivity contribution in [2.24, 2.45) is 0 Å². The number of hydrogen-bond acceptors (Lipinski definition) is 1. The Morgan fingerprint density at radius 3 is 2.22 bits per heavy atom. The molecule has 9 heavy (non-hydrogen) atoms. The van der Waals surface area contributed by atoms with Gasteiger partial charge in [-0.2, -0.15) is 8.78 Å². The second kappa shape index (κ2) is 3.28. The summed E-state index contributed by atoms with van der Waals surface area (Å²) in [6.07, 6.45) is -1.07. The molecule has 0 unspecified atom stereocenters. The fourth-order valence-corrected chi connectivity index (χ4v) is 0.518. The van der Waals surface area contributed by atoms with Gasteiger partial charge in [0.25, 0.3) is 3.93 Å². The highest BCUT2D eigenvalue weighted by Crippen LogP contribution is 2.27. The predicted octanol–water partition coefficient (Wildman–Crippen LogP) is 1.88. The molecule has 0 aliphatic heterocycles. The molecule has 0 saturated carbocycles. The molecular weight excluding hydrogens is 245 g/mol. The zero-order valence-corrected chi connectivity index (χ0v) is 6.56. The van der Waals surface area contributed by atoms with E-state index >= 15 is 0 Å². The van der Waals surface area contributed by atoms with E-state index in [9.17, 15) is 13.6 Å². The molecule has 0 aliphatic rings. The van der Waals surface area contributed by atoms with E-state index in [2.05, 4.69) is 0 Å². The van der Waals surface area contributed by atoms with E-state index in [1.165, 1.54) is 0 Å². The van der Waals surface area contributed by atoms with E-state index in [1.807, 2.05) is 0 Å². The van der Waals surface area contributed by atoms with Crippen molar-refractivity contribution in [2.45, 2.75) is 16.8 Å². The zero-order valence-electron chi connectivity index (χ0n) is 4.40. The summed E-state index contributed by atoms with van der Waals surface area (Å²) in [6.45, 7) is 0. The maximum absolute atomic E-state index is 11.8. The molecule has 0 saturated heterocycles. The van der Waals surface area contributed by atoms with Crippen LogP contribution in [0.1, 0.15) is 12.8 Å². The van der Waals surface area contributed by atoms with E-state index in [-0.39, 0.29) is 0 Å². The molecule has 0 amide bonds. The van der Waals surface area contributed by atoms with Gasteiger partial charge in [-0.3, -0.25) is 4.79 Å². The molecule has 0 rings (SSSR count). The Hall–Kier alpha value is 0.0600. The summed E-state index contributed by atoms with van der Waals surface area (Å²) in [5.41, 5.74) is 0. The van der Waals surface area contributed by atoms with E-state index in [4.69, 9.17) is 5.11 Å². The maximum Gasteiger partial charge on any atom is 0.303 e. The molecule has 0 radical (unpaired) electrons. The molecule has 0 aromatic rings. The Kier molecular flexibility index (Phi) is 3.31. The van der Waals surface area contributed by atoms with Crippen LogP contribution < -0.4 is 0 Å². The van der Waals surface area contributed by atoms with Crippen LogP contribution in [0, 0.1) is 0 Å².